The van der Waals surface area contributed by atoms with Crippen molar-refractivity contribution >= 4 is 29.2 Å². The highest BCUT2D eigenvalue weighted by molar-refractivity contribution is 6.30. The van der Waals surface area contributed by atoms with Crippen molar-refractivity contribution in [1.82, 2.24) is 15.3 Å². The molecule has 1 fully saturated rings. The number of anilines is 1. The molecule has 11 nitrogen and oxygen atoms in total. The molecule has 12 heteroatoms. The number of halogens is 1. The number of hydrogen-bond donors (Lipinski definition) is 3. The van der Waals surface area contributed by atoms with E-state index >= 15 is 0 Å². The van der Waals surface area contributed by atoms with Gasteiger partial charge in [0.1, 0.15) is 30.3 Å². The van der Waals surface area contributed by atoms with Gasteiger partial charge >= 0.3 is 5.97 Å². The first-order valence-corrected chi connectivity index (χ1v) is 24.2. The molecule has 1 aliphatic heterocycles. The molecule has 0 saturated heterocycles. The first kappa shape index (κ1) is 45.4. The maximum Gasteiger partial charge on any atom is 0.329 e. The summed E-state index contributed by atoms with van der Waals surface area (Å²) >= 11 is 6.33. The Morgan fingerprint density at radius 1 is 0.955 bits per heavy atom. The molecule has 1 spiro atoms. The van der Waals surface area contributed by atoms with E-state index in [0.29, 0.717) is 99.1 Å². The van der Waals surface area contributed by atoms with Crippen LogP contribution in [0.2, 0.25) is 5.02 Å². The number of carboxylic acids is 1. The van der Waals surface area contributed by atoms with E-state index < -0.39 is 11.5 Å². The Kier molecular flexibility index (Phi) is 13.4. The number of nitrogens with zero attached hydrogens (tertiary/aromatic N) is 2. The lowest BCUT2D eigenvalue weighted by Gasteiger charge is -2.47. The second kappa shape index (κ2) is 19.6. The molecule has 1 amide bonds. The summed E-state index contributed by atoms with van der Waals surface area (Å²) in [5.74, 6) is 2.99. The molecular formula is C54H61ClN4O7. The predicted octanol–water partition coefficient (Wildman–Crippen LogP) is 11.1. The van der Waals surface area contributed by atoms with Crippen molar-refractivity contribution in [3.63, 3.8) is 0 Å². The van der Waals surface area contributed by atoms with Crippen LogP contribution in [-0.2, 0) is 27.8 Å². The van der Waals surface area contributed by atoms with Crippen LogP contribution in [0.25, 0.3) is 11.3 Å². The molecule has 66 heavy (non-hydrogen) atoms. The highest BCUT2D eigenvalue weighted by atomic mass is 35.5. The standard InChI is InChI=1S/C54H61ClN4O7/c1-34(33-66-47-19-24-56-46-13-4-8-35(2)50(46)47)28-40-30-38-15-16-43(32-44(38)53(40)20-22-54(23-21-53,52(61)62)59-42-12-6-11-41(55)31-42)63-25-7-14-49(60)57-36(3)37-9-5-10-39(29-37)45-17-18-48-51(58-45)65-27-26-64-48/h5-6,9-12,15-19,24,29,31-32,34-36,40,59H,4,7-8,13-14,20-23,25-28,30,33H2,1-3H3,(H,57,60)(H,61,62)/t34-,35-,36-,40?,53?,54?/m1/s1. The Bertz CT molecular complexity index is 2560. The average molecular weight is 914 g/mol. The zero-order chi connectivity index (χ0) is 45.8. The molecule has 3 N–H and O–H groups in total. The molecule has 1 unspecified atom stereocenters. The van der Waals surface area contributed by atoms with E-state index in [1.54, 1.807) is 12.1 Å². The van der Waals surface area contributed by atoms with Crippen LogP contribution in [0.1, 0.15) is 118 Å². The zero-order valence-electron chi connectivity index (χ0n) is 38.2. The van der Waals surface area contributed by atoms with Gasteiger partial charge in [0.25, 0.3) is 5.88 Å². The molecule has 3 aromatic carbocycles. The molecule has 4 aliphatic rings. The molecule has 346 valence electrons. The molecular weight excluding hydrogens is 852 g/mol. The number of fused-ring (bicyclic) bond motifs is 4. The van der Waals surface area contributed by atoms with Crippen LogP contribution in [0.3, 0.4) is 0 Å². The monoisotopic (exact) mass is 912 g/mol. The summed E-state index contributed by atoms with van der Waals surface area (Å²) in [6.45, 7) is 8.51. The van der Waals surface area contributed by atoms with Gasteiger partial charge in [-0.3, -0.25) is 9.78 Å². The number of aryl methyl sites for hydroxylation is 1. The lowest BCUT2D eigenvalue weighted by Crippen LogP contribution is -2.53. The lowest BCUT2D eigenvalue weighted by atomic mass is 9.59. The summed E-state index contributed by atoms with van der Waals surface area (Å²) in [6, 6.07) is 27.4. The quantitative estimate of drug-likeness (QED) is 0.0819. The minimum absolute atomic E-state index is 0.0448. The summed E-state index contributed by atoms with van der Waals surface area (Å²) in [4.78, 5) is 35.7. The van der Waals surface area contributed by atoms with Crippen LogP contribution in [0, 0.1) is 11.8 Å². The number of hydrogen-bond acceptors (Lipinski definition) is 9. The zero-order valence-corrected chi connectivity index (χ0v) is 39.0. The minimum Gasteiger partial charge on any atom is -0.494 e. The van der Waals surface area contributed by atoms with Gasteiger partial charge in [0, 0.05) is 40.1 Å². The Labute approximate surface area is 393 Å². The van der Waals surface area contributed by atoms with Crippen molar-refractivity contribution < 1.29 is 33.6 Å². The largest absolute Gasteiger partial charge is 0.494 e. The summed E-state index contributed by atoms with van der Waals surface area (Å²) in [5, 5.41) is 17.9. The third-order valence-electron chi connectivity index (χ3n) is 14.5. The number of aromatic nitrogens is 2. The van der Waals surface area contributed by atoms with Crippen LogP contribution >= 0.6 is 11.6 Å². The molecule has 2 aromatic heterocycles. The molecule has 9 rings (SSSR count). The number of aliphatic carboxylic acids is 1. The van der Waals surface area contributed by atoms with Gasteiger partial charge in [0.05, 0.1) is 24.9 Å². The number of pyridine rings is 2. The fourth-order valence-corrected chi connectivity index (χ4v) is 11.2. The average Bonchev–Trinajstić information content (AvgIpc) is 3.61. The van der Waals surface area contributed by atoms with E-state index in [1.165, 1.54) is 22.4 Å². The highest BCUT2D eigenvalue weighted by Crippen LogP contribution is 2.57. The summed E-state index contributed by atoms with van der Waals surface area (Å²) in [5.41, 5.74) is 7.04. The maximum atomic E-state index is 13.2. The van der Waals surface area contributed by atoms with Crippen molar-refractivity contribution in [2.24, 2.45) is 11.8 Å². The van der Waals surface area contributed by atoms with Gasteiger partial charge in [-0.05, 0) is 166 Å². The normalized spacial score (nSPS) is 22.7. The second-order valence-corrected chi connectivity index (χ2v) is 19.5. The Hall–Kier alpha value is -5.81. The molecule has 0 bridgehead atoms. The molecule has 0 radical (unpaired) electrons. The Balaban J connectivity index is 0.853. The summed E-state index contributed by atoms with van der Waals surface area (Å²) in [6.07, 6.45) is 10.3. The SMILES string of the molecule is C[C@@H](COc1ccnc2c1[C@H](C)CCC2)CC1Cc2ccc(OCCCC(=O)N[C@H](C)c3cccc(-c4ccc5c(n4)OCCO5)c3)cc2C12CCC(Nc1cccc(Cl)c1)(C(=O)O)CC2. The fraction of sp³-hybridized carbons (Fsp3) is 0.444. The third kappa shape index (κ3) is 9.68. The summed E-state index contributed by atoms with van der Waals surface area (Å²) in [7, 11) is 0. The fourth-order valence-electron chi connectivity index (χ4n) is 11.0. The van der Waals surface area contributed by atoms with Gasteiger partial charge in [-0.25, -0.2) is 9.78 Å². The highest BCUT2D eigenvalue weighted by Gasteiger charge is 2.54. The molecule has 4 atom stereocenters. The van der Waals surface area contributed by atoms with E-state index in [0.717, 1.165) is 60.4 Å². The van der Waals surface area contributed by atoms with Crippen molar-refractivity contribution in [3.05, 3.63) is 124 Å². The van der Waals surface area contributed by atoms with Crippen molar-refractivity contribution in [2.75, 3.05) is 31.7 Å². The van der Waals surface area contributed by atoms with Crippen molar-refractivity contribution in [3.8, 4) is 34.4 Å². The molecule has 3 aliphatic carbocycles. The predicted molar refractivity (Wildman–Crippen MR) is 256 cm³/mol. The van der Waals surface area contributed by atoms with E-state index in [9.17, 15) is 14.7 Å². The van der Waals surface area contributed by atoms with Crippen LogP contribution in [0.4, 0.5) is 5.69 Å². The number of carbonyl (C=O) groups is 2. The van der Waals surface area contributed by atoms with E-state index in [1.807, 2.05) is 73.8 Å². The van der Waals surface area contributed by atoms with E-state index in [-0.39, 0.29) is 23.3 Å². The topological polar surface area (TPSA) is 141 Å². The van der Waals surface area contributed by atoms with Crippen LogP contribution < -0.4 is 29.6 Å². The first-order chi connectivity index (χ1) is 32.0. The third-order valence-corrected chi connectivity index (χ3v) is 14.8. The lowest BCUT2D eigenvalue weighted by molar-refractivity contribution is -0.144. The Morgan fingerprint density at radius 2 is 1.79 bits per heavy atom. The van der Waals surface area contributed by atoms with Crippen molar-refractivity contribution in [2.45, 2.75) is 114 Å². The van der Waals surface area contributed by atoms with Gasteiger partial charge in [-0.15, -0.1) is 0 Å². The second-order valence-electron chi connectivity index (χ2n) is 19.1. The van der Waals surface area contributed by atoms with Crippen LogP contribution in [0.5, 0.6) is 23.1 Å². The minimum atomic E-state index is -1.12. The number of rotatable bonds is 16. The summed E-state index contributed by atoms with van der Waals surface area (Å²) < 4.78 is 24.3. The number of carbonyl (C=O) groups excluding carboxylic acids is 1. The van der Waals surface area contributed by atoms with E-state index in [2.05, 4.69) is 46.6 Å². The van der Waals surface area contributed by atoms with Gasteiger partial charge in [-0.2, -0.15) is 0 Å². The number of carboxylic acid groups (broad SMARTS) is 1. The van der Waals surface area contributed by atoms with E-state index in [4.69, 9.17) is 30.5 Å². The molecule has 5 aromatic rings. The van der Waals surface area contributed by atoms with Gasteiger partial charge < -0.3 is 34.7 Å². The molecule has 1 saturated carbocycles. The number of benzene rings is 3. The molecule has 3 heterocycles. The van der Waals surface area contributed by atoms with Crippen molar-refractivity contribution in [1.29, 1.82) is 0 Å². The smallest absolute Gasteiger partial charge is 0.329 e. The van der Waals surface area contributed by atoms with Crippen LogP contribution in [0.15, 0.2) is 91.1 Å². The number of amides is 1. The van der Waals surface area contributed by atoms with Gasteiger partial charge in [-0.1, -0.05) is 55.8 Å². The van der Waals surface area contributed by atoms with Crippen LogP contribution in [-0.4, -0.2) is 58.9 Å². The van der Waals surface area contributed by atoms with Gasteiger partial charge in [0.2, 0.25) is 5.91 Å². The number of nitrogens with one attached hydrogen (secondary N) is 2. The Morgan fingerprint density at radius 3 is 2.62 bits per heavy atom. The number of ether oxygens (including phenoxy) is 4. The first-order valence-electron chi connectivity index (χ1n) is 23.8. The maximum absolute atomic E-state index is 13.2. The van der Waals surface area contributed by atoms with Gasteiger partial charge in [0.15, 0.2) is 5.75 Å².